The lowest BCUT2D eigenvalue weighted by Gasteiger charge is -2.09. The van der Waals surface area contributed by atoms with E-state index in [9.17, 15) is 17.6 Å². The van der Waals surface area contributed by atoms with Gasteiger partial charge < -0.3 is 4.74 Å². The Hall–Kier alpha value is -1.43. The topological polar surface area (TPSA) is 60.4 Å². The fourth-order valence-electron chi connectivity index (χ4n) is 1.21. The Morgan fingerprint density at radius 1 is 1.38 bits per heavy atom. The third kappa shape index (κ3) is 2.21. The SMILES string of the molecule is COC(=O)C(F)S(=O)(=O)c1ccccc1C. The summed E-state index contributed by atoms with van der Waals surface area (Å²) < 4.78 is 40.8. The van der Waals surface area contributed by atoms with E-state index in [0.29, 0.717) is 5.56 Å². The molecule has 1 rings (SSSR count). The van der Waals surface area contributed by atoms with Crippen LogP contribution in [0.3, 0.4) is 0 Å². The number of esters is 1. The molecule has 0 fully saturated rings. The number of sulfone groups is 1. The first-order valence-electron chi connectivity index (χ1n) is 4.42. The van der Waals surface area contributed by atoms with Gasteiger partial charge in [-0.15, -0.1) is 0 Å². The van der Waals surface area contributed by atoms with Crippen molar-refractivity contribution in [1.29, 1.82) is 0 Å². The molecule has 88 valence electrons. The Morgan fingerprint density at radius 2 is 1.94 bits per heavy atom. The fraction of sp³-hybridized carbons (Fsp3) is 0.300. The summed E-state index contributed by atoms with van der Waals surface area (Å²) in [5.41, 5.74) is -2.30. The molecule has 1 unspecified atom stereocenters. The van der Waals surface area contributed by atoms with Gasteiger partial charge in [0.25, 0.3) is 0 Å². The number of carbonyl (C=O) groups excluding carboxylic acids is 1. The number of hydrogen-bond donors (Lipinski definition) is 0. The van der Waals surface area contributed by atoms with Gasteiger partial charge in [-0.2, -0.15) is 0 Å². The molecule has 0 aliphatic rings. The zero-order chi connectivity index (χ0) is 12.3. The molecule has 0 spiro atoms. The molecule has 0 heterocycles. The number of halogens is 1. The molecule has 0 radical (unpaired) electrons. The molecule has 0 saturated carbocycles. The van der Waals surface area contributed by atoms with Crippen molar-refractivity contribution in [2.75, 3.05) is 7.11 Å². The zero-order valence-electron chi connectivity index (χ0n) is 8.81. The molecule has 1 atom stereocenters. The van der Waals surface area contributed by atoms with Gasteiger partial charge in [0, 0.05) is 0 Å². The van der Waals surface area contributed by atoms with Crippen LogP contribution in [0.4, 0.5) is 4.39 Å². The van der Waals surface area contributed by atoms with Crippen LogP contribution in [0.1, 0.15) is 5.56 Å². The first-order valence-corrected chi connectivity index (χ1v) is 5.97. The first kappa shape index (κ1) is 12.6. The highest BCUT2D eigenvalue weighted by atomic mass is 32.2. The second-order valence-corrected chi connectivity index (χ2v) is 5.09. The quantitative estimate of drug-likeness (QED) is 0.753. The van der Waals surface area contributed by atoms with Crippen LogP contribution in [0, 0.1) is 6.92 Å². The summed E-state index contributed by atoms with van der Waals surface area (Å²) in [4.78, 5) is 10.7. The largest absolute Gasteiger partial charge is 0.466 e. The van der Waals surface area contributed by atoms with Crippen LogP contribution in [0.15, 0.2) is 29.2 Å². The number of alkyl halides is 1. The Balaban J connectivity index is 3.23. The molecule has 0 amide bonds. The number of methoxy groups -OCH3 is 1. The molecule has 4 nitrogen and oxygen atoms in total. The Kier molecular flexibility index (Phi) is 3.64. The minimum absolute atomic E-state index is 0.201. The Morgan fingerprint density at radius 3 is 2.44 bits per heavy atom. The van der Waals surface area contributed by atoms with Crippen LogP contribution in [0.2, 0.25) is 0 Å². The highest BCUT2D eigenvalue weighted by molar-refractivity contribution is 7.92. The van der Waals surface area contributed by atoms with Crippen molar-refractivity contribution in [3.8, 4) is 0 Å². The summed E-state index contributed by atoms with van der Waals surface area (Å²) >= 11 is 0. The molecular formula is C10H11FO4S. The lowest BCUT2D eigenvalue weighted by Crippen LogP contribution is -2.27. The highest BCUT2D eigenvalue weighted by Crippen LogP contribution is 2.21. The van der Waals surface area contributed by atoms with Gasteiger partial charge in [0.15, 0.2) is 0 Å². The summed E-state index contributed by atoms with van der Waals surface area (Å²) in [7, 11) is -3.39. The van der Waals surface area contributed by atoms with Crippen LogP contribution in [0.25, 0.3) is 0 Å². The maximum Gasteiger partial charge on any atom is 0.356 e. The molecule has 0 aliphatic heterocycles. The van der Waals surface area contributed by atoms with Crippen LogP contribution < -0.4 is 0 Å². The molecule has 0 saturated heterocycles. The van der Waals surface area contributed by atoms with E-state index >= 15 is 0 Å². The van der Waals surface area contributed by atoms with E-state index in [2.05, 4.69) is 4.74 Å². The molecular weight excluding hydrogens is 235 g/mol. The minimum atomic E-state index is -4.32. The van der Waals surface area contributed by atoms with E-state index < -0.39 is 21.3 Å². The summed E-state index contributed by atoms with van der Waals surface area (Å²) in [6.07, 6.45) is 0. The lowest BCUT2D eigenvalue weighted by atomic mass is 10.2. The van der Waals surface area contributed by atoms with Gasteiger partial charge in [-0.1, -0.05) is 18.2 Å². The first-order chi connectivity index (χ1) is 7.41. The van der Waals surface area contributed by atoms with Crippen LogP contribution >= 0.6 is 0 Å². The molecule has 6 heteroatoms. The number of ether oxygens (including phenoxy) is 1. The van der Waals surface area contributed by atoms with Crippen molar-refractivity contribution in [1.82, 2.24) is 0 Å². The third-order valence-electron chi connectivity index (χ3n) is 2.06. The number of carbonyl (C=O) groups is 1. The van der Waals surface area contributed by atoms with E-state index in [1.807, 2.05) is 0 Å². The maximum atomic E-state index is 13.4. The normalized spacial score (nSPS) is 13.2. The van der Waals surface area contributed by atoms with Crippen LogP contribution in [-0.4, -0.2) is 27.0 Å². The van der Waals surface area contributed by atoms with Gasteiger partial charge in [-0.3, -0.25) is 0 Å². The highest BCUT2D eigenvalue weighted by Gasteiger charge is 2.35. The Bertz CT molecular complexity index is 495. The van der Waals surface area contributed by atoms with Crippen molar-refractivity contribution in [2.45, 2.75) is 17.3 Å². The molecule has 1 aromatic rings. The summed E-state index contributed by atoms with van der Waals surface area (Å²) in [5, 5.41) is 0. The van der Waals surface area contributed by atoms with Crippen LogP contribution in [0.5, 0.6) is 0 Å². The van der Waals surface area contributed by atoms with Crippen molar-refractivity contribution >= 4 is 15.8 Å². The average molecular weight is 246 g/mol. The number of benzene rings is 1. The van der Waals surface area contributed by atoms with E-state index in [1.165, 1.54) is 25.1 Å². The van der Waals surface area contributed by atoms with Crippen molar-refractivity contribution in [2.24, 2.45) is 0 Å². The summed E-state index contributed by atoms with van der Waals surface area (Å²) in [5.74, 6) is -1.41. The molecule has 16 heavy (non-hydrogen) atoms. The second-order valence-electron chi connectivity index (χ2n) is 3.15. The molecule has 0 bridgehead atoms. The van der Waals surface area contributed by atoms with Gasteiger partial charge >= 0.3 is 11.5 Å². The fourth-order valence-corrected chi connectivity index (χ4v) is 2.56. The average Bonchev–Trinajstić information content (AvgIpc) is 2.27. The number of hydrogen-bond acceptors (Lipinski definition) is 4. The smallest absolute Gasteiger partial charge is 0.356 e. The third-order valence-corrected chi connectivity index (χ3v) is 3.87. The predicted molar refractivity (Wildman–Crippen MR) is 55.3 cm³/mol. The lowest BCUT2D eigenvalue weighted by molar-refractivity contribution is -0.143. The van der Waals surface area contributed by atoms with E-state index in [4.69, 9.17) is 0 Å². The monoisotopic (exact) mass is 246 g/mol. The summed E-state index contributed by atoms with van der Waals surface area (Å²) in [6.45, 7) is 1.52. The van der Waals surface area contributed by atoms with Gasteiger partial charge in [0.05, 0.1) is 12.0 Å². The van der Waals surface area contributed by atoms with Gasteiger partial charge in [-0.25, -0.2) is 17.6 Å². The molecule has 0 aromatic heterocycles. The second kappa shape index (κ2) is 4.61. The van der Waals surface area contributed by atoms with E-state index in [-0.39, 0.29) is 4.90 Å². The minimum Gasteiger partial charge on any atom is -0.466 e. The van der Waals surface area contributed by atoms with Gasteiger partial charge in [0.2, 0.25) is 9.84 Å². The van der Waals surface area contributed by atoms with Crippen molar-refractivity contribution in [3.05, 3.63) is 29.8 Å². The van der Waals surface area contributed by atoms with Gasteiger partial charge in [0.1, 0.15) is 0 Å². The van der Waals surface area contributed by atoms with Crippen molar-refractivity contribution < 1.29 is 22.3 Å². The van der Waals surface area contributed by atoms with E-state index in [0.717, 1.165) is 7.11 Å². The Labute approximate surface area is 93.0 Å². The van der Waals surface area contributed by atoms with Crippen LogP contribution in [-0.2, 0) is 19.4 Å². The molecule has 1 aromatic carbocycles. The standard InChI is InChI=1S/C10H11FO4S/c1-7-5-3-4-6-8(7)16(13,14)9(11)10(12)15-2/h3-6,9H,1-2H3. The van der Waals surface area contributed by atoms with E-state index in [1.54, 1.807) is 6.07 Å². The zero-order valence-corrected chi connectivity index (χ0v) is 9.62. The number of rotatable bonds is 3. The van der Waals surface area contributed by atoms with Gasteiger partial charge in [-0.05, 0) is 18.6 Å². The molecule has 0 N–H and O–H groups in total. The number of aryl methyl sites for hydroxylation is 1. The van der Waals surface area contributed by atoms with Crippen molar-refractivity contribution in [3.63, 3.8) is 0 Å². The molecule has 0 aliphatic carbocycles. The predicted octanol–water partition coefficient (Wildman–Crippen LogP) is 1.24. The summed E-state index contributed by atoms with van der Waals surface area (Å²) in [6, 6.07) is 5.86. The maximum absolute atomic E-state index is 13.4.